The summed E-state index contributed by atoms with van der Waals surface area (Å²) in [5.41, 5.74) is 1.01. The molecule has 1 aromatic heterocycles. The quantitative estimate of drug-likeness (QED) is 0.767. The van der Waals surface area contributed by atoms with Crippen LogP contribution >= 0.6 is 0 Å². The van der Waals surface area contributed by atoms with Crippen molar-refractivity contribution in [2.45, 2.75) is 39.7 Å². The van der Waals surface area contributed by atoms with Gasteiger partial charge in [0, 0.05) is 25.9 Å². The standard InChI is InChI=1S/C15H25N3O2/c1-5-8-17-13-10-16-9-7-12(13)14(19)18-11-15(3,4)20-6-2/h7,9-10,17H,5-6,8,11H2,1-4H3,(H,18,19). The zero-order valence-corrected chi connectivity index (χ0v) is 12.8. The van der Waals surface area contributed by atoms with E-state index in [1.54, 1.807) is 18.5 Å². The zero-order chi connectivity index (χ0) is 15.0. The molecule has 0 aliphatic rings. The van der Waals surface area contributed by atoms with E-state index in [0.717, 1.165) is 18.7 Å². The Kier molecular flexibility index (Phi) is 6.45. The largest absolute Gasteiger partial charge is 0.383 e. The van der Waals surface area contributed by atoms with Crippen molar-refractivity contribution < 1.29 is 9.53 Å². The van der Waals surface area contributed by atoms with Crippen molar-refractivity contribution in [1.29, 1.82) is 0 Å². The van der Waals surface area contributed by atoms with Gasteiger partial charge in [-0.3, -0.25) is 9.78 Å². The lowest BCUT2D eigenvalue weighted by molar-refractivity contribution is -0.00815. The van der Waals surface area contributed by atoms with E-state index in [9.17, 15) is 4.79 Å². The minimum absolute atomic E-state index is 0.112. The summed E-state index contributed by atoms with van der Waals surface area (Å²) < 4.78 is 5.57. The fraction of sp³-hybridized carbons (Fsp3) is 0.600. The maximum Gasteiger partial charge on any atom is 0.253 e. The van der Waals surface area contributed by atoms with Crippen LogP contribution in [0.2, 0.25) is 0 Å². The van der Waals surface area contributed by atoms with Crippen LogP contribution in [0.1, 0.15) is 44.5 Å². The van der Waals surface area contributed by atoms with Crippen LogP contribution in [0.5, 0.6) is 0 Å². The molecule has 112 valence electrons. The molecule has 1 rings (SSSR count). The monoisotopic (exact) mass is 279 g/mol. The molecule has 0 aromatic carbocycles. The first-order chi connectivity index (χ1) is 9.50. The molecular weight excluding hydrogens is 254 g/mol. The van der Waals surface area contributed by atoms with Gasteiger partial charge in [-0.05, 0) is 33.3 Å². The van der Waals surface area contributed by atoms with Crippen LogP contribution in [0.4, 0.5) is 5.69 Å². The molecule has 0 aliphatic carbocycles. The Bertz CT molecular complexity index is 433. The van der Waals surface area contributed by atoms with Gasteiger partial charge in [0.05, 0.1) is 23.0 Å². The van der Waals surface area contributed by atoms with Gasteiger partial charge in [-0.25, -0.2) is 0 Å². The van der Waals surface area contributed by atoms with Gasteiger partial charge < -0.3 is 15.4 Å². The Morgan fingerprint density at radius 1 is 1.40 bits per heavy atom. The van der Waals surface area contributed by atoms with Crippen molar-refractivity contribution in [3.05, 3.63) is 24.0 Å². The van der Waals surface area contributed by atoms with Crippen LogP contribution < -0.4 is 10.6 Å². The second-order valence-electron chi connectivity index (χ2n) is 5.22. The number of carbonyl (C=O) groups excluding carboxylic acids is 1. The van der Waals surface area contributed by atoms with Crippen molar-refractivity contribution in [2.75, 3.05) is 25.0 Å². The minimum Gasteiger partial charge on any atom is -0.383 e. The van der Waals surface area contributed by atoms with Crippen molar-refractivity contribution in [2.24, 2.45) is 0 Å². The summed E-state index contributed by atoms with van der Waals surface area (Å²) in [5, 5.41) is 6.12. The van der Waals surface area contributed by atoms with Crippen molar-refractivity contribution >= 4 is 11.6 Å². The zero-order valence-electron chi connectivity index (χ0n) is 12.8. The molecule has 0 atom stereocenters. The van der Waals surface area contributed by atoms with Gasteiger partial charge in [0.25, 0.3) is 5.91 Å². The first-order valence-corrected chi connectivity index (χ1v) is 7.10. The number of carbonyl (C=O) groups is 1. The topological polar surface area (TPSA) is 63.2 Å². The van der Waals surface area contributed by atoms with Crippen molar-refractivity contribution in [1.82, 2.24) is 10.3 Å². The maximum atomic E-state index is 12.2. The normalized spacial score (nSPS) is 11.2. The van der Waals surface area contributed by atoms with Crippen LogP contribution in [0.3, 0.4) is 0 Å². The second-order valence-corrected chi connectivity index (χ2v) is 5.22. The van der Waals surface area contributed by atoms with Gasteiger partial charge in [0.15, 0.2) is 0 Å². The lowest BCUT2D eigenvalue weighted by Crippen LogP contribution is -2.40. The predicted molar refractivity (Wildman–Crippen MR) is 81.1 cm³/mol. The number of anilines is 1. The summed E-state index contributed by atoms with van der Waals surface area (Å²) in [6, 6.07) is 1.72. The smallest absolute Gasteiger partial charge is 0.253 e. The molecule has 1 heterocycles. The summed E-state index contributed by atoms with van der Waals surface area (Å²) in [4.78, 5) is 16.3. The van der Waals surface area contributed by atoms with Gasteiger partial charge in [0.1, 0.15) is 0 Å². The Hall–Kier alpha value is -1.62. The van der Waals surface area contributed by atoms with Crippen LogP contribution in [0.15, 0.2) is 18.5 Å². The number of rotatable bonds is 8. The SMILES string of the molecule is CCCNc1cnccc1C(=O)NCC(C)(C)OCC. The molecule has 20 heavy (non-hydrogen) atoms. The van der Waals surface area contributed by atoms with E-state index in [1.807, 2.05) is 20.8 Å². The van der Waals surface area contributed by atoms with E-state index in [2.05, 4.69) is 22.5 Å². The fourth-order valence-electron chi connectivity index (χ4n) is 1.82. The van der Waals surface area contributed by atoms with E-state index in [4.69, 9.17) is 4.74 Å². The summed E-state index contributed by atoms with van der Waals surface area (Å²) in [6.07, 6.45) is 4.30. The molecule has 0 radical (unpaired) electrons. The molecule has 5 heteroatoms. The van der Waals surface area contributed by atoms with Crippen LogP contribution in [0.25, 0.3) is 0 Å². The predicted octanol–water partition coefficient (Wildman–Crippen LogP) is 2.45. The van der Waals surface area contributed by atoms with E-state index in [-0.39, 0.29) is 11.5 Å². The van der Waals surface area contributed by atoms with Crippen LogP contribution in [-0.4, -0.2) is 36.2 Å². The number of ether oxygens (including phenoxy) is 1. The van der Waals surface area contributed by atoms with Crippen molar-refractivity contribution in [3.8, 4) is 0 Å². The highest BCUT2D eigenvalue weighted by molar-refractivity contribution is 5.99. The molecule has 2 N–H and O–H groups in total. The van der Waals surface area contributed by atoms with Crippen LogP contribution in [0, 0.1) is 0 Å². The van der Waals surface area contributed by atoms with Gasteiger partial charge in [0.2, 0.25) is 0 Å². The third-order valence-corrected chi connectivity index (χ3v) is 2.84. The van der Waals surface area contributed by atoms with E-state index < -0.39 is 0 Å². The molecule has 0 fully saturated rings. The Labute approximate surface area is 121 Å². The Morgan fingerprint density at radius 3 is 2.80 bits per heavy atom. The Morgan fingerprint density at radius 2 is 2.15 bits per heavy atom. The number of hydrogen-bond acceptors (Lipinski definition) is 4. The summed E-state index contributed by atoms with van der Waals surface area (Å²) in [7, 11) is 0. The Balaban J connectivity index is 2.67. The molecule has 0 saturated carbocycles. The fourth-order valence-corrected chi connectivity index (χ4v) is 1.82. The maximum absolute atomic E-state index is 12.2. The number of aromatic nitrogens is 1. The third kappa shape index (κ3) is 5.17. The van der Waals surface area contributed by atoms with Crippen molar-refractivity contribution in [3.63, 3.8) is 0 Å². The lowest BCUT2D eigenvalue weighted by Gasteiger charge is -2.25. The number of hydrogen-bond donors (Lipinski definition) is 2. The molecule has 0 unspecified atom stereocenters. The van der Waals surface area contributed by atoms with Gasteiger partial charge in [-0.15, -0.1) is 0 Å². The summed E-state index contributed by atoms with van der Waals surface area (Å²) in [6.45, 7) is 9.85. The molecule has 0 aliphatic heterocycles. The minimum atomic E-state index is -0.367. The highest BCUT2D eigenvalue weighted by atomic mass is 16.5. The molecule has 1 aromatic rings. The summed E-state index contributed by atoms with van der Waals surface area (Å²) in [5.74, 6) is -0.112. The number of nitrogens with one attached hydrogen (secondary N) is 2. The molecule has 0 spiro atoms. The van der Waals surface area contributed by atoms with E-state index >= 15 is 0 Å². The number of nitrogens with zero attached hydrogens (tertiary/aromatic N) is 1. The van der Waals surface area contributed by atoms with Gasteiger partial charge >= 0.3 is 0 Å². The second kappa shape index (κ2) is 7.85. The molecule has 5 nitrogen and oxygen atoms in total. The highest BCUT2D eigenvalue weighted by Crippen LogP contribution is 2.14. The van der Waals surface area contributed by atoms with E-state index in [0.29, 0.717) is 18.7 Å². The van der Waals surface area contributed by atoms with Crippen LogP contribution in [-0.2, 0) is 4.74 Å². The number of pyridine rings is 1. The molecule has 0 bridgehead atoms. The molecular formula is C15H25N3O2. The molecule has 0 saturated heterocycles. The van der Waals surface area contributed by atoms with E-state index in [1.165, 1.54) is 0 Å². The van der Waals surface area contributed by atoms with Gasteiger partial charge in [-0.2, -0.15) is 0 Å². The highest BCUT2D eigenvalue weighted by Gasteiger charge is 2.20. The number of amides is 1. The van der Waals surface area contributed by atoms with Gasteiger partial charge in [-0.1, -0.05) is 6.92 Å². The molecule has 1 amide bonds. The lowest BCUT2D eigenvalue weighted by atomic mass is 10.1. The first-order valence-electron chi connectivity index (χ1n) is 7.10. The third-order valence-electron chi connectivity index (χ3n) is 2.84. The summed E-state index contributed by atoms with van der Waals surface area (Å²) >= 11 is 0. The average Bonchev–Trinajstić information content (AvgIpc) is 2.43. The average molecular weight is 279 g/mol. The first kappa shape index (κ1) is 16.4.